The average molecular weight is 648 g/mol. The topological polar surface area (TPSA) is 93.6 Å². The zero-order valence-corrected chi connectivity index (χ0v) is 25.9. The lowest BCUT2D eigenvalue weighted by Gasteiger charge is -2.25. The predicted molar refractivity (Wildman–Crippen MR) is 170 cm³/mol. The Kier molecular flexibility index (Phi) is 8.71. The minimum Gasteiger partial charge on any atom is -0.450 e. The number of carbonyl (C=O) groups is 4. The number of hydrogen-bond donors (Lipinski definition) is 0. The Morgan fingerprint density at radius 2 is 1.71 bits per heavy atom. The number of pyridine rings is 1. The van der Waals surface area contributed by atoms with E-state index in [1.54, 1.807) is 48.5 Å². The lowest BCUT2D eigenvalue weighted by Crippen LogP contribution is -2.30. The van der Waals surface area contributed by atoms with Crippen LogP contribution in [0.3, 0.4) is 0 Å². The fraction of sp³-hybridized carbons (Fsp3) is 0.286. The molecular weight excluding hydrogens is 618 g/mol. The quantitative estimate of drug-likeness (QED) is 0.0844. The summed E-state index contributed by atoms with van der Waals surface area (Å²) in [5.41, 5.74) is 2.17. The zero-order chi connectivity index (χ0) is 31.8. The first-order valence-corrected chi connectivity index (χ1v) is 15.7. The van der Waals surface area contributed by atoms with Crippen LogP contribution in [-0.2, 0) is 14.3 Å². The van der Waals surface area contributed by atoms with Crippen LogP contribution in [-0.4, -0.2) is 40.5 Å². The van der Waals surface area contributed by atoms with Crippen molar-refractivity contribution in [3.05, 3.63) is 94.8 Å². The van der Waals surface area contributed by atoms with E-state index in [-0.39, 0.29) is 47.1 Å². The fourth-order valence-electron chi connectivity index (χ4n) is 6.29. The Bertz CT molecular complexity index is 1810. The number of carbonyl (C=O) groups excluding carboxylic acids is 4. The number of aromatic nitrogens is 1. The van der Waals surface area contributed by atoms with Crippen molar-refractivity contribution in [1.29, 1.82) is 0 Å². The highest BCUT2D eigenvalue weighted by Gasteiger charge is 2.50. The van der Waals surface area contributed by atoms with Crippen LogP contribution < -0.4 is 4.90 Å². The maximum atomic E-state index is 13.6. The molecule has 1 aliphatic heterocycles. The third kappa shape index (κ3) is 5.97. The van der Waals surface area contributed by atoms with Gasteiger partial charge in [-0.15, -0.1) is 11.6 Å². The molecule has 4 atom stereocenters. The van der Waals surface area contributed by atoms with Crippen LogP contribution in [0.2, 0.25) is 5.02 Å². The second kappa shape index (κ2) is 12.7. The largest absolute Gasteiger partial charge is 0.450 e. The van der Waals surface area contributed by atoms with Crippen LogP contribution in [0.15, 0.2) is 72.8 Å². The number of rotatable bonds is 8. The molecule has 0 bridgehead atoms. The third-order valence-corrected chi connectivity index (χ3v) is 9.18. The van der Waals surface area contributed by atoms with Crippen molar-refractivity contribution in [3.8, 4) is 11.3 Å². The summed E-state index contributed by atoms with van der Waals surface area (Å²) in [6, 6.07) is 18.4. The number of fused-ring (bicyclic) bond motifs is 2. The van der Waals surface area contributed by atoms with E-state index in [1.807, 2.05) is 0 Å². The summed E-state index contributed by atoms with van der Waals surface area (Å²) in [6.07, 6.45) is 1.21. The lowest BCUT2D eigenvalue weighted by molar-refractivity contribution is -0.122. The summed E-state index contributed by atoms with van der Waals surface area (Å²) in [5, 5.41) is 0.738. The highest BCUT2D eigenvalue weighted by atomic mass is 35.5. The molecule has 4 unspecified atom stereocenters. The molecule has 1 aliphatic carbocycles. The molecule has 3 aromatic carbocycles. The number of amides is 2. The normalized spacial score (nSPS) is 20.3. The van der Waals surface area contributed by atoms with Crippen molar-refractivity contribution in [2.24, 2.45) is 17.8 Å². The van der Waals surface area contributed by atoms with Gasteiger partial charge in [-0.1, -0.05) is 42.8 Å². The Hall–Kier alpha value is -4.14. The van der Waals surface area contributed by atoms with Crippen LogP contribution in [0.4, 0.5) is 10.1 Å². The van der Waals surface area contributed by atoms with Gasteiger partial charge in [0.25, 0.3) is 0 Å². The molecule has 1 saturated carbocycles. The molecule has 1 aromatic heterocycles. The van der Waals surface area contributed by atoms with Gasteiger partial charge in [0.05, 0.1) is 39.3 Å². The minimum absolute atomic E-state index is 0.0495. The summed E-state index contributed by atoms with van der Waals surface area (Å²) in [7, 11) is 0. The number of benzene rings is 3. The van der Waals surface area contributed by atoms with E-state index in [0.29, 0.717) is 51.6 Å². The van der Waals surface area contributed by atoms with Crippen LogP contribution in [0.5, 0.6) is 0 Å². The van der Waals surface area contributed by atoms with Gasteiger partial charge in [-0.25, -0.2) is 14.2 Å². The van der Waals surface area contributed by atoms with E-state index < -0.39 is 23.7 Å². The van der Waals surface area contributed by atoms with Crippen molar-refractivity contribution in [3.63, 3.8) is 0 Å². The maximum absolute atomic E-state index is 13.6. The van der Waals surface area contributed by atoms with Crippen LogP contribution >= 0.6 is 23.2 Å². The van der Waals surface area contributed by atoms with Gasteiger partial charge in [-0.05, 0) is 73.7 Å². The molecule has 2 amide bonds. The number of ether oxygens (including phenoxy) is 1. The summed E-state index contributed by atoms with van der Waals surface area (Å²) < 4.78 is 19.1. The van der Waals surface area contributed by atoms with Crippen molar-refractivity contribution in [2.45, 2.75) is 38.7 Å². The number of alkyl halides is 1. The highest BCUT2D eigenvalue weighted by molar-refractivity contribution is 6.35. The first kappa shape index (κ1) is 30.9. The van der Waals surface area contributed by atoms with Gasteiger partial charge < -0.3 is 4.74 Å². The molecule has 45 heavy (non-hydrogen) atoms. The average Bonchev–Trinajstić information content (AvgIpc) is 3.28. The summed E-state index contributed by atoms with van der Waals surface area (Å²) in [6.45, 7) is 2.11. The fourth-order valence-corrected chi connectivity index (χ4v) is 6.71. The first-order chi connectivity index (χ1) is 21.7. The zero-order valence-electron chi connectivity index (χ0n) is 24.3. The van der Waals surface area contributed by atoms with Crippen molar-refractivity contribution in [2.75, 3.05) is 10.8 Å². The van der Waals surface area contributed by atoms with E-state index in [9.17, 15) is 23.6 Å². The minimum atomic E-state index is -1.20. The SMILES string of the molecule is CC1CCC2C(=O)N(c3ccc(-c4cc(C(=O)OC(CCCl)C(=O)c5ccc(F)cc5)c5cccc(Cl)c5n4)cc3)C(=O)C2C1. The maximum Gasteiger partial charge on any atom is 0.339 e. The molecule has 0 radical (unpaired) electrons. The second-order valence-electron chi connectivity index (χ2n) is 11.6. The number of esters is 1. The standard InChI is InChI=1S/C35H29Cl2FN2O5/c1-19-5-14-25-26(17-19)34(43)40(33(25)42)23-12-8-20(9-13-23)29-18-27(24-3-2-4-28(37)31(24)39-29)35(44)45-30(15-16-36)32(41)21-6-10-22(38)11-7-21/h2-4,6-13,18-19,25-26,30H,5,14-17H2,1H3. The van der Waals surface area contributed by atoms with E-state index in [2.05, 4.69) is 6.92 Å². The predicted octanol–water partition coefficient (Wildman–Crippen LogP) is 7.66. The van der Waals surface area contributed by atoms with Crippen LogP contribution in [0, 0.1) is 23.6 Å². The summed E-state index contributed by atoms with van der Waals surface area (Å²) in [4.78, 5) is 59.2. The van der Waals surface area contributed by atoms with Gasteiger partial charge in [0.15, 0.2) is 6.10 Å². The number of nitrogens with zero attached hydrogens (tertiary/aromatic N) is 2. The number of halogens is 3. The number of anilines is 1. The van der Waals surface area contributed by atoms with Gasteiger partial charge in [-0.3, -0.25) is 19.3 Å². The first-order valence-electron chi connectivity index (χ1n) is 14.8. The van der Waals surface area contributed by atoms with Crippen molar-refractivity contribution < 1.29 is 28.3 Å². The molecule has 2 aliphatic rings. The smallest absolute Gasteiger partial charge is 0.339 e. The van der Waals surface area contributed by atoms with E-state index in [0.717, 1.165) is 18.6 Å². The van der Waals surface area contributed by atoms with Gasteiger partial charge in [0.1, 0.15) is 5.82 Å². The van der Waals surface area contributed by atoms with E-state index in [1.165, 1.54) is 17.0 Å². The number of imide groups is 1. The molecule has 10 heteroatoms. The molecule has 7 nitrogen and oxygen atoms in total. The Morgan fingerprint density at radius 3 is 2.42 bits per heavy atom. The molecule has 0 spiro atoms. The van der Waals surface area contributed by atoms with Gasteiger partial charge in [0.2, 0.25) is 17.6 Å². The van der Waals surface area contributed by atoms with E-state index in [4.69, 9.17) is 32.9 Å². The number of hydrogen-bond acceptors (Lipinski definition) is 6. The van der Waals surface area contributed by atoms with Gasteiger partial charge in [-0.2, -0.15) is 0 Å². The molecule has 230 valence electrons. The summed E-state index contributed by atoms with van der Waals surface area (Å²) in [5.74, 6) is -2.20. The molecule has 2 fully saturated rings. The van der Waals surface area contributed by atoms with Gasteiger partial charge >= 0.3 is 5.97 Å². The molecule has 6 rings (SSSR count). The second-order valence-corrected chi connectivity index (χ2v) is 12.4. The molecule has 0 N–H and O–H groups in total. The van der Waals surface area contributed by atoms with Crippen molar-refractivity contribution in [1.82, 2.24) is 4.98 Å². The van der Waals surface area contributed by atoms with Gasteiger partial charge in [0, 0.05) is 28.8 Å². The molecule has 2 heterocycles. The van der Waals surface area contributed by atoms with Crippen molar-refractivity contribution >= 4 is 63.4 Å². The third-order valence-electron chi connectivity index (χ3n) is 8.66. The Labute approximate surface area is 269 Å². The number of para-hydroxylation sites is 1. The lowest BCUT2D eigenvalue weighted by atomic mass is 9.76. The summed E-state index contributed by atoms with van der Waals surface area (Å²) >= 11 is 12.5. The number of ketones is 1. The number of Topliss-reactive ketones (excluding diaryl/α,β-unsaturated/α-hetero) is 1. The Balaban J connectivity index is 1.31. The van der Waals surface area contributed by atoms with Crippen LogP contribution in [0.25, 0.3) is 22.2 Å². The van der Waals surface area contributed by atoms with E-state index >= 15 is 0 Å². The molecule has 4 aromatic rings. The Morgan fingerprint density at radius 1 is 1.00 bits per heavy atom. The molecule has 1 saturated heterocycles. The molecular formula is C35H29Cl2FN2O5. The monoisotopic (exact) mass is 646 g/mol. The van der Waals surface area contributed by atoms with Crippen LogP contribution in [0.1, 0.15) is 53.3 Å². The highest BCUT2D eigenvalue weighted by Crippen LogP contribution is 2.42.